The number of nitrogens with one attached hydrogen (secondary N) is 2. The molecule has 280 valence electrons. The normalized spacial score (nSPS) is 32.0. The maximum Gasteiger partial charge on any atom is 0.306 e. The molecule has 0 spiro atoms. The van der Waals surface area contributed by atoms with Crippen LogP contribution in [-0.4, -0.2) is 49.7 Å². The van der Waals surface area contributed by atoms with E-state index in [1.165, 1.54) is 56.9 Å². The summed E-state index contributed by atoms with van der Waals surface area (Å²) in [6, 6.07) is 0. The van der Waals surface area contributed by atoms with E-state index in [2.05, 4.69) is 51.3 Å². The minimum absolute atomic E-state index is 0.0681. The van der Waals surface area contributed by atoms with E-state index in [1.54, 1.807) is 7.05 Å². The summed E-state index contributed by atoms with van der Waals surface area (Å²) in [6.07, 6.45) is 17.0. The molecule has 0 heterocycles. The van der Waals surface area contributed by atoms with Gasteiger partial charge in [0.15, 0.2) is 0 Å². The van der Waals surface area contributed by atoms with Crippen molar-refractivity contribution >= 4 is 17.8 Å². The Balaban J connectivity index is 1.21. The van der Waals surface area contributed by atoms with Gasteiger partial charge in [-0.1, -0.05) is 65.5 Å². The van der Waals surface area contributed by atoms with Crippen LogP contribution >= 0.6 is 0 Å². The van der Waals surface area contributed by atoms with Crippen LogP contribution in [-0.2, 0) is 23.9 Å². The standard InChI is InChI=1S/C42H72N2O5/c1-28(2)12-11-13-29(3)33-16-17-34-32-15-14-30-26-31(20-22-41(30,8)35(32)21-23-42(33,34)9)49-37(46)19-18-36(45)44-25-24-40(6,7)48-27-39(4,5)38(47)43-10/h14,28-29,31-35H,11-13,15-27H2,1-10H3,(H,43,47)(H,44,45). The maximum atomic E-state index is 12.8. The van der Waals surface area contributed by atoms with Gasteiger partial charge in [0.05, 0.1) is 24.0 Å². The van der Waals surface area contributed by atoms with Gasteiger partial charge in [-0.05, 0) is 125 Å². The lowest BCUT2D eigenvalue weighted by Gasteiger charge is -2.58. The lowest BCUT2D eigenvalue weighted by molar-refractivity contribution is -0.152. The van der Waals surface area contributed by atoms with Gasteiger partial charge in [-0.3, -0.25) is 14.4 Å². The second-order valence-corrected chi connectivity index (χ2v) is 18.8. The Morgan fingerprint density at radius 2 is 1.69 bits per heavy atom. The van der Waals surface area contributed by atoms with E-state index >= 15 is 0 Å². The number of ether oxygens (including phenoxy) is 2. The molecule has 0 radical (unpaired) electrons. The highest BCUT2D eigenvalue weighted by Gasteiger charge is 2.59. The van der Waals surface area contributed by atoms with Gasteiger partial charge in [-0.2, -0.15) is 0 Å². The minimum atomic E-state index is -0.634. The average molecular weight is 685 g/mol. The fourth-order valence-electron chi connectivity index (χ4n) is 10.7. The summed E-state index contributed by atoms with van der Waals surface area (Å²) in [7, 11) is 1.62. The third-order valence-corrected chi connectivity index (χ3v) is 13.8. The van der Waals surface area contributed by atoms with E-state index in [4.69, 9.17) is 9.47 Å². The minimum Gasteiger partial charge on any atom is -0.462 e. The molecule has 8 atom stereocenters. The van der Waals surface area contributed by atoms with Gasteiger partial charge in [0.25, 0.3) is 0 Å². The Kier molecular flexibility index (Phi) is 13.2. The van der Waals surface area contributed by atoms with E-state index in [1.807, 2.05) is 27.7 Å². The molecule has 2 amide bonds. The molecular weight excluding hydrogens is 612 g/mol. The van der Waals surface area contributed by atoms with Crippen molar-refractivity contribution in [3.8, 4) is 0 Å². The highest BCUT2D eigenvalue weighted by molar-refractivity contribution is 5.82. The first kappa shape index (κ1) is 39.9. The van der Waals surface area contributed by atoms with Gasteiger partial charge >= 0.3 is 5.97 Å². The Morgan fingerprint density at radius 3 is 2.39 bits per heavy atom. The van der Waals surface area contributed by atoms with Crippen LogP contribution in [0.5, 0.6) is 0 Å². The molecule has 3 fully saturated rings. The number of allylic oxidation sites excluding steroid dienone is 1. The van der Waals surface area contributed by atoms with Crippen molar-refractivity contribution < 1.29 is 23.9 Å². The van der Waals surface area contributed by atoms with Crippen LogP contribution in [0.15, 0.2) is 11.6 Å². The number of fused-ring (bicyclic) bond motifs is 5. The van der Waals surface area contributed by atoms with Gasteiger partial charge in [-0.15, -0.1) is 0 Å². The van der Waals surface area contributed by atoms with E-state index in [0.717, 1.165) is 54.8 Å². The molecule has 3 saturated carbocycles. The van der Waals surface area contributed by atoms with Crippen molar-refractivity contribution in [2.45, 2.75) is 164 Å². The number of rotatable bonds is 16. The summed E-state index contributed by atoms with van der Waals surface area (Å²) in [4.78, 5) is 37.4. The molecule has 0 aromatic carbocycles. The predicted molar refractivity (Wildman–Crippen MR) is 198 cm³/mol. The summed E-state index contributed by atoms with van der Waals surface area (Å²) in [5.41, 5.74) is 1.12. The molecule has 0 saturated heterocycles. The molecule has 0 aromatic heterocycles. The topological polar surface area (TPSA) is 93.7 Å². The second-order valence-electron chi connectivity index (χ2n) is 18.8. The molecule has 8 unspecified atom stereocenters. The SMILES string of the molecule is CNC(=O)C(C)(C)COC(C)(C)CCNC(=O)CCC(=O)OC1CCC2(C)C(=CCC3C2CCC2(C)C(C(C)CCCC(C)C)CCC32)C1. The third-order valence-electron chi connectivity index (χ3n) is 13.8. The summed E-state index contributed by atoms with van der Waals surface area (Å²) in [5, 5.41) is 5.60. The van der Waals surface area contributed by atoms with Crippen LogP contribution in [0.2, 0.25) is 0 Å². The lowest BCUT2D eigenvalue weighted by atomic mass is 9.47. The fourth-order valence-corrected chi connectivity index (χ4v) is 10.7. The van der Waals surface area contributed by atoms with Crippen molar-refractivity contribution in [3.05, 3.63) is 11.6 Å². The fraction of sp³-hybridized carbons (Fsp3) is 0.881. The number of carbonyl (C=O) groups is 3. The smallest absolute Gasteiger partial charge is 0.306 e. The molecule has 7 nitrogen and oxygen atoms in total. The zero-order valence-electron chi connectivity index (χ0n) is 33.0. The van der Waals surface area contributed by atoms with Gasteiger partial charge in [-0.25, -0.2) is 0 Å². The monoisotopic (exact) mass is 685 g/mol. The Hall–Kier alpha value is -1.89. The number of esters is 1. The first-order valence-corrected chi connectivity index (χ1v) is 19.9. The molecule has 7 heteroatoms. The summed E-state index contributed by atoms with van der Waals surface area (Å²) in [6.45, 7) is 20.8. The van der Waals surface area contributed by atoms with Gasteiger partial charge in [0.1, 0.15) is 6.10 Å². The molecule has 49 heavy (non-hydrogen) atoms. The quantitative estimate of drug-likeness (QED) is 0.125. The summed E-state index contributed by atoms with van der Waals surface area (Å²) in [5.74, 6) is 4.41. The molecule has 0 aromatic rings. The van der Waals surface area contributed by atoms with E-state index < -0.39 is 11.0 Å². The molecule has 2 N–H and O–H groups in total. The molecule has 4 aliphatic carbocycles. The predicted octanol–water partition coefficient (Wildman–Crippen LogP) is 8.79. The largest absolute Gasteiger partial charge is 0.462 e. The number of amides is 2. The van der Waals surface area contributed by atoms with E-state index in [0.29, 0.717) is 18.4 Å². The van der Waals surface area contributed by atoms with Crippen LogP contribution < -0.4 is 10.6 Å². The van der Waals surface area contributed by atoms with E-state index in [-0.39, 0.29) is 48.8 Å². The first-order valence-electron chi connectivity index (χ1n) is 19.9. The number of hydrogen-bond acceptors (Lipinski definition) is 5. The number of carbonyl (C=O) groups excluding carboxylic acids is 3. The maximum absolute atomic E-state index is 12.8. The van der Waals surface area contributed by atoms with Crippen molar-refractivity contribution in [1.29, 1.82) is 0 Å². The van der Waals surface area contributed by atoms with Crippen molar-refractivity contribution in [3.63, 3.8) is 0 Å². The Bertz CT molecular complexity index is 1190. The van der Waals surface area contributed by atoms with Crippen molar-refractivity contribution in [2.24, 2.45) is 51.8 Å². The van der Waals surface area contributed by atoms with E-state index in [9.17, 15) is 14.4 Å². The lowest BCUT2D eigenvalue weighted by Crippen LogP contribution is -2.51. The van der Waals surface area contributed by atoms with Crippen LogP contribution in [0.25, 0.3) is 0 Å². The first-order chi connectivity index (χ1) is 22.9. The molecule has 4 aliphatic rings. The highest BCUT2D eigenvalue weighted by Crippen LogP contribution is 2.67. The molecule has 4 rings (SSSR count). The Morgan fingerprint density at radius 1 is 0.959 bits per heavy atom. The molecular formula is C42H72N2O5. The second kappa shape index (κ2) is 16.2. The highest BCUT2D eigenvalue weighted by atomic mass is 16.5. The average Bonchev–Trinajstić information content (AvgIpc) is 3.39. The summed E-state index contributed by atoms with van der Waals surface area (Å²) < 4.78 is 12.0. The van der Waals surface area contributed by atoms with Crippen LogP contribution in [0.3, 0.4) is 0 Å². The van der Waals surface area contributed by atoms with Gasteiger partial charge in [0, 0.05) is 26.4 Å². The van der Waals surface area contributed by atoms with Gasteiger partial charge in [0.2, 0.25) is 11.8 Å². The Labute approximate surface area is 299 Å². The van der Waals surface area contributed by atoms with Crippen LogP contribution in [0.4, 0.5) is 0 Å². The summed E-state index contributed by atoms with van der Waals surface area (Å²) >= 11 is 0. The number of hydrogen-bond donors (Lipinski definition) is 2. The van der Waals surface area contributed by atoms with Gasteiger partial charge < -0.3 is 20.1 Å². The third kappa shape index (κ3) is 9.51. The molecule has 0 aliphatic heterocycles. The molecule has 0 bridgehead atoms. The zero-order valence-corrected chi connectivity index (χ0v) is 33.0. The van der Waals surface area contributed by atoms with Crippen LogP contribution in [0, 0.1) is 51.8 Å². The zero-order chi connectivity index (χ0) is 36.2. The van der Waals surface area contributed by atoms with Crippen molar-refractivity contribution in [2.75, 3.05) is 20.2 Å². The van der Waals surface area contributed by atoms with Crippen LogP contribution in [0.1, 0.15) is 152 Å². The van der Waals surface area contributed by atoms with Crippen molar-refractivity contribution in [1.82, 2.24) is 10.6 Å².